The summed E-state index contributed by atoms with van der Waals surface area (Å²) in [6.45, 7) is 6.28. The van der Waals surface area contributed by atoms with Crippen molar-refractivity contribution in [3.8, 4) is 0 Å². The van der Waals surface area contributed by atoms with Crippen LogP contribution in [0.4, 0.5) is 5.69 Å². The van der Waals surface area contributed by atoms with Crippen molar-refractivity contribution < 1.29 is 9.53 Å². The molecule has 0 saturated heterocycles. The molecule has 1 unspecified atom stereocenters. The van der Waals surface area contributed by atoms with E-state index in [4.69, 9.17) is 4.74 Å². The van der Waals surface area contributed by atoms with Crippen molar-refractivity contribution in [3.05, 3.63) is 42.5 Å². The molecule has 0 fully saturated rings. The second-order valence-corrected chi connectivity index (χ2v) is 4.99. The molecule has 0 radical (unpaired) electrons. The molecule has 1 aromatic rings. The van der Waals surface area contributed by atoms with Gasteiger partial charge in [-0.15, -0.1) is 6.58 Å². The van der Waals surface area contributed by atoms with Crippen molar-refractivity contribution >= 4 is 11.6 Å². The van der Waals surface area contributed by atoms with Crippen LogP contribution in [0.1, 0.15) is 17.9 Å². The van der Waals surface area contributed by atoms with Gasteiger partial charge in [0.05, 0.1) is 6.61 Å². The van der Waals surface area contributed by atoms with Gasteiger partial charge in [0.2, 0.25) is 5.91 Å². The second kappa shape index (κ2) is 7.10. The van der Waals surface area contributed by atoms with E-state index in [0.717, 1.165) is 12.2 Å². The number of amides is 1. The minimum Gasteiger partial charge on any atom is -0.384 e. The van der Waals surface area contributed by atoms with Crippen molar-refractivity contribution in [3.63, 3.8) is 0 Å². The molecule has 0 saturated carbocycles. The molecular weight excluding hydrogens is 252 g/mol. The first-order valence-electron chi connectivity index (χ1n) is 6.96. The summed E-state index contributed by atoms with van der Waals surface area (Å²) < 4.78 is 5.05. The standard InChI is InChI=1S/C16H22N2O2/c1-3-8-18(9-10-20-2)16(19)11-13-12-17-15-7-5-4-6-14(13)15/h3-7,13,17H,1,8-12H2,2H3. The number of nitrogens with zero attached hydrogens (tertiary/aromatic N) is 1. The lowest BCUT2D eigenvalue weighted by molar-refractivity contribution is -0.131. The van der Waals surface area contributed by atoms with E-state index in [1.807, 2.05) is 12.1 Å². The van der Waals surface area contributed by atoms with Crippen LogP contribution < -0.4 is 5.32 Å². The molecule has 1 aliphatic heterocycles. The van der Waals surface area contributed by atoms with E-state index < -0.39 is 0 Å². The van der Waals surface area contributed by atoms with Crippen LogP contribution in [-0.4, -0.2) is 44.2 Å². The number of hydrogen-bond donors (Lipinski definition) is 1. The highest BCUT2D eigenvalue weighted by atomic mass is 16.5. The van der Waals surface area contributed by atoms with Crippen LogP contribution in [0.15, 0.2) is 36.9 Å². The Balaban J connectivity index is 1.98. The first-order valence-corrected chi connectivity index (χ1v) is 6.96. The molecule has 0 bridgehead atoms. The van der Waals surface area contributed by atoms with Crippen LogP contribution in [0.2, 0.25) is 0 Å². The average Bonchev–Trinajstić information content (AvgIpc) is 2.87. The lowest BCUT2D eigenvalue weighted by Crippen LogP contribution is -2.35. The van der Waals surface area contributed by atoms with E-state index in [1.165, 1.54) is 5.56 Å². The Labute approximate surface area is 120 Å². The van der Waals surface area contributed by atoms with Crippen LogP contribution in [0, 0.1) is 0 Å². The second-order valence-electron chi connectivity index (χ2n) is 4.99. The Morgan fingerprint density at radius 3 is 3.10 bits per heavy atom. The van der Waals surface area contributed by atoms with Gasteiger partial charge in [-0.05, 0) is 11.6 Å². The molecule has 108 valence electrons. The molecule has 1 heterocycles. The van der Waals surface area contributed by atoms with Crippen molar-refractivity contribution in [2.45, 2.75) is 12.3 Å². The van der Waals surface area contributed by atoms with Crippen LogP contribution in [0.3, 0.4) is 0 Å². The predicted octanol–water partition coefficient (Wildman–Crippen LogP) is 2.25. The molecule has 4 nitrogen and oxygen atoms in total. The number of hydrogen-bond acceptors (Lipinski definition) is 3. The minimum absolute atomic E-state index is 0.158. The van der Waals surface area contributed by atoms with E-state index in [-0.39, 0.29) is 11.8 Å². The fourth-order valence-corrected chi connectivity index (χ4v) is 2.55. The van der Waals surface area contributed by atoms with E-state index in [1.54, 1.807) is 18.1 Å². The first-order chi connectivity index (χ1) is 9.76. The number of benzene rings is 1. The van der Waals surface area contributed by atoms with Gasteiger partial charge in [-0.1, -0.05) is 24.3 Å². The van der Waals surface area contributed by atoms with Crippen molar-refractivity contribution in [1.29, 1.82) is 0 Å². The zero-order valence-electron chi connectivity index (χ0n) is 12.0. The van der Waals surface area contributed by atoms with Crippen molar-refractivity contribution in [2.75, 3.05) is 38.7 Å². The maximum atomic E-state index is 12.4. The SMILES string of the molecule is C=CCN(CCOC)C(=O)CC1CNc2ccccc21. The molecule has 1 amide bonds. The molecule has 2 rings (SSSR count). The van der Waals surface area contributed by atoms with Crippen molar-refractivity contribution in [2.24, 2.45) is 0 Å². The van der Waals surface area contributed by atoms with Crippen LogP contribution in [0.5, 0.6) is 0 Å². The number of carbonyl (C=O) groups excluding carboxylic acids is 1. The van der Waals surface area contributed by atoms with E-state index in [9.17, 15) is 4.79 Å². The molecule has 20 heavy (non-hydrogen) atoms. The number of rotatable bonds is 7. The summed E-state index contributed by atoms with van der Waals surface area (Å²) in [5.74, 6) is 0.416. The predicted molar refractivity (Wildman–Crippen MR) is 80.9 cm³/mol. The van der Waals surface area contributed by atoms with Gasteiger partial charge in [0.15, 0.2) is 0 Å². The van der Waals surface area contributed by atoms with E-state index in [0.29, 0.717) is 26.1 Å². The number of anilines is 1. The minimum atomic E-state index is 0.158. The van der Waals surface area contributed by atoms with Gasteiger partial charge in [0, 0.05) is 44.8 Å². The highest BCUT2D eigenvalue weighted by molar-refractivity contribution is 5.78. The highest BCUT2D eigenvalue weighted by Gasteiger charge is 2.25. The topological polar surface area (TPSA) is 41.6 Å². The zero-order valence-corrected chi connectivity index (χ0v) is 12.0. The van der Waals surface area contributed by atoms with E-state index in [2.05, 4.69) is 24.0 Å². The molecule has 0 aliphatic carbocycles. The Kier molecular flexibility index (Phi) is 5.18. The molecule has 0 spiro atoms. The van der Waals surface area contributed by atoms with Gasteiger partial charge in [0.1, 0.15) is 0 Å². The van der Waals surface area contributed by atoms with Gasteiger partial charge < -0.3 is 15.0 Å². The number of nitrogens with one attached hydrogen (secondary N) is 1. The first kappa shape index (κ1) is 14.6. The summed E-state index contributed by atoms with van der Waals surface area (Å²) in [5, 5.41) is 3.35. The summed E-state index contributed by atoms with van der Waals surface area (Å²) >= 11 is 0. The fraction of sp³-hybridized carbons (Fsp3) is 0.438. The monoisotopic (exact) mass is 274 g/mol. The molecule has 4 heteroatoms. The summed E-state index contributed by atoms with van der Waals surface area (Å²) in [7, 11) is 1.65. The van der Waals surface area contributed by atoms with Gasteiger partial charge in [-0.2, -0.15) is 0 Å². The lowest BCUT2D eigenvalue weighted by atomic mass is 9.97. The third-order valence-electron chi connectivity index (χ3n) is 3.63. The molecule has 1 N–H and O–H groups in total. The lowest BCUT2D eigenvalue weighted by Gasteiger charge is -2.22. The Bertz CT molecular complexity index is 473. The third kappa shape index (κ3) is 3.39. The average molecular weight is 274 g/mol. The number of methoxy groups -OCH3 is 1. The molecule has 1 aromatic carbocycles. The fourth-order valence-electron chi connectivity index (χ4n) is 2.55. The summed E-state index contributed by atoms with van der Waals surface area (Å²) in [5.41, 5.74) is 2.39. The Morgan fingerprint density at radius 2 is 2.35 bits per heavy atom. The number of carbonyl (C=O) groups is 1. The maximum Gasteiger partial charge on any atom is 0.223 e. The van der Waals surface area contributed by atoms with Gasteiger partial charge in [-0.3, -0.25) is 4.79 Å². The van der Waals surface area contributed by atoms with Crippen molar-refractivity contribution in [1.82, 2.24) is 4.90 Å². The van der Waals surface area contributed by atoms with Gasteiger partial charge in [0.25, 0.3) is 0 Å². The Hall–Kier alpha value is -1.81. The molecule has 1 aliphatic rings. The molecule has 0 aromatic heterocycles. The van der Waals surface area contributed by atoms with E-state index >= 15 is 0 Å². The molecule has 1 atom stereocenters. The van der Waals surface area contributed by atoms with Gasteiger partial charge in [-0.25, -0.2) is 0 Å². The smallest absolute Gasteiger partial charge is 0.223 e. The van der Waals surface area contributed by atoms with Crippen LogP contribution in [-0.2, 0) is 9.53 Å². The summed E-state index contributed by atoms with van der Waals surface area (Å²) in [4.78, 5) is 14.2. The summed E-state index contributed by atoms with van der Waals surface area (Å²) in [6.07, 6.45) is 2.29. The Morgan fingerprint density at radius 1 is 1.55 bits per heavy atom. The number of ether oxygens (including phenoxy) is 1. The maximum absolute atomic E-state index is 12.4. The highest BCUT2D eigenvalue weighted by Crippen LogP contribution is 2.33. The summed E-state index contributed by atoms with van der Waals surface area (Å²) in [6, 6.07) is 8.20. The van der Waals surface area contributed by atoms with Gasteiger partial charge >= 0.3 is 0 Å². The largest absolute Gasteiger partial charge is 0.384 e. The number of para-hydroxylation sites is 1. The van der Waals surface area contributed by atoms with Crippen LogP contribution >= 0.6 is 0 Å². The quantitative estimate of drug-likeness (QED) is 0.775. The number of fused-ring (bicyclic) bond motifs is 1. The third-order valence-corrected chi connectivity index (χ3v) is 3.63. The normalized spacial score (nSPS) is 16.4. The van der Waals surface area contributed by atoms with Crippen LogP contribution in [0.25, 0.3) is 0 Å². The molecular formula is C16H22N2O2. The zero-order chi connectivity index (χ0) is 14.4.